The minimum absolute atomic E-state index is 0. The summed E-state index contributed by atoms with van der Waals surface area (Å²) in [6, 6.07) is 0. The van der Waals surface area contributed by atoms with E-state index >= 15 is 0 Å². The summed E-state index contributed by atoms with van der Waals surface area (Å²) in [6.07, 6.45) is 0. The number of rotatable bonds is 0. The van der Waals surface area contributed by atoms with Crippen LogP contribution in [0.1, 0.15) is 24.6 Å². The molecule has 0 aliphatic rings. The molecule has 1 heterocycles. The van der Waals surface area contributed by atoms with Crippen LogP contribution >= 0.6 is 8.19 Å². The molecule has 1 aromatic heterocycles. The van der Waals surface area contributed by atoms with Crippen molar-refractivity contribution in [1.82, 2.24) is 0 Å². The fourth-order valence-electron chi connectivity index (χ4n) is 1.03. The van der Waals surface area contributed by atoms with Crippen LogP contribution < -0.4 is 0 Å². The zero-order valence-corrected chi connectivity index (χ0v) is 9.88. The van der Waals surface area contributed by atoms with Crippen molar-refractivity contribution >= 4 is 8.19 Å². The topological polar surface area (TPSA) is 0 Å². The fourth-order valence-corrected chi connectivity index (χ4v) is 2.34. The molecular formula is C8H15PSc-2. The van der Waals surface area contributed by atoms with Crippen LogP contribution in [0.5, 0.6) is 0 Å². The Kier molecular flexibility index (Phi) is 4.13. The van der Waals surface area contributed by atoms with Gasteiger partial charge in [0, 0.05) is 25.8 Å². The smallest absolute Gasteiger partial charge is 0 e. The summed E-state index contributed by atoms with van der Waals surface area (Å²) in [7, 11) is 0.976. The summed E-state index contributed by atoms with van der Waals surface area (Å²) in [4.78, 5) is 0. The summed E-state index contributed by atoms with van der Waals surface area (Å²) < 4.78 is 0. The van der Waals surface area contributed by atoms with Crippen molar-refractivity contribution < 1.29 is 28.7 Å². The normalized spacial score (nSPS) is 9.20. The molecule has 0 atom stereocenters. The molecule has 0 saturated heterocycles. The molecule has 2 heteroatoms. The van der Waals surface area contributed by atoms with Gasteiger partial charge >= 0.3 is 0 Å². The Hall–Kier alpha value is 0.650. The van der Waals surface area contributed by atoms with Gasteiger partial charge in [-0.25, -0.2) is 0 Å². The fraction of sp³-hybridized carbons (Fsp3) is 0.500. The van der Waals surface area contributed by atoms with Gasteiger partial charge in [-0.2, -0.15) is 0 Å². The van der Waals surface area contributed by atoms with Crippen molar-refractivity contribution in [1.29, 1.82) is 0 Å². The van der Waals surface area contributed by atoms with Crippen LogP contribution in [0, 0.1) is 27.7 Å². The van der Waals surface area contributed by atoms with Crippen LogP contribution in [0.3, 0.4) is 0 Å². The molecule has 10 heavy (non-hydrogen) atoms. The predicted molar refractivity (Wildman–Crippen MR) is 47.1 cm³/mol. The van der Waals surface area contributed by atoms with Crippen LogP contribution in [0.15, 0.2) is 0 Å². The van der Waals surface area contributed by atoms with E-state index in [1.807, 2.05) is 0 Å². The molecule has 0 nitrogen and oxygen atoms in total. The average molecular weight is 187 g/mol. The zero-order valence-electron chi connectivity index (χ0n) is 9.08. The molecule has 0 N–H and O–H groups in total. The van der Waals surface area contributed by atoms with Gasteiger partial charge in [-0.15, -0.1) is 8.19 Å². The summed E-state index contributed by atoms with van der Waals surface area (Å²) >= 11 is 0. The Morgan fingerprint density at radius 1 is 0.900 bits per heavy atom. The second-order valence-electron chi connectivity index (χ2n) is 2.62. The van der Waals surface area contributed by atoms with Crippen molar-refractivity contribution in [2.75, 3.05) is 0 Å². The van der Waals surface area contributed by atoms with Crippen LogP contribution in [0.2, 0.25) is 0 Å². The van der Waals surface area contributed by atoms with Gasteiger partial charge in [0.15, 0.2) is 0 Å². The van der Waals surface area contributed by atoms with E-state index in [0.29, 0.717) is 0 Å². The third kappa shape index (κ3) is 1.83. The van der Waals surface area contributed by atoms with Gasteiger partial charge in [0.25, 0.3) is 0 Å². The van der Waals surface area contributed by atoms with E-state index in [2.05, 4.69) is 27.7 Å². The molecule has 0 unspecified atom stereocenters. The predicted octanol–water partition coefficient (Wildman–Crippen LogP) is 3.17. The zero-order chi connectivity index (χ0) is 7.02. The molecule has 0 aliphatic carbocycles. The third-order valence-corrected chi connectivity index (χ3v) is 3.56. The Morgan fingerprint density at radius 3 is 1.30 bits per heavy atom. The first kappa shape index (κ1) is 10.7. The van der Waals surface area contributed by atoms with E-state index in [0.717, 1.165) is 8.19 Å². The Morgan fingerprint density at radius 2 is 1.20 bits per heavy atom. The van der Waals surface area contributed by atoms with Crippen molar-refractivity contribution in [3.8, 4) is 0 Å². The van der Waals surface area contributed by atoms with E-state index in [9.17, 15) is 0 Å². The van der Waals surface area contributed by atoms with Crippen molar-refractivity contribution in [2.24, 2.45) is 0 Å². The molecule has 0 amide bonds. The second-order valence-corrected chi connectivity index (χ2v) is 4.38. The maximum atomic E-state index is 2.23. The third-order valence-electron chi connectivity index (χ3n) is 2.06. The molecule has 0 saturated carbocycles. The minimum Gasteiger partial charge on any atom is -1.00 e. The molecule has 1 aromatic rings. The number of aryl methyl sites for hydroxylation is 2. The summed E-state index contributed by atoms with van der Waals surface area (Å²) in [5.74, 6) is 0. The van der Waals surface area contributed by atoms with E-state index in [-0.39, 0.29) is 28.7 Å². The monoisotopic (exact) mass is 187 g/mol. The number of hydrogen-bond donors (Lipinski definition) is 0. The Balaban J connectivity index is -0.000000270. The molecule has 0 aliphatic heterocycles. The first-order chi connectivity index (χ1) is 4.13. The second kappa shape index (κ2) is 3.88. The van der Waals surface area contributed by atoms with E-state index in [1.165, 1.54) is 11.1 Å². The maximum absolute atomic E-state index is 2.23. The van der Waals surface area contributed by atoms with Crippen LogP contribution in [0.25, 0.3) is 0 Å². The molecule has 0 spiro atoms. The van der Waals surface area contributed by atoms with E-state index in [4.69, 9.17) is 0 Å². The van der Waals surface area contributed by atoms with Gasteiger partial charge in [-0.05, 0) is 49.4 Å². The van der Waals surface area contributed by atoms with E-state index in [1.54, 1.807) is 10.6 Å². The Bertz CT molecular complexity index is 211. The SMILES string of the molecule is Cc1[pH]c(C)c(C)c1C.[H-].[H-].[Sc]. The first-order valence-electron chi connectivity index (χ1n) is 3.25. The van der Waals surface area contributed by atoms with Gasteiger partial charge in [0.05, 0.1) is 0 Å². The summed E-state index contributed by atoms with van der Waals surface area (Å²) in [5.41, 5.74) is 3.04. The van der Waals surface area contributed by atoms with Gasteiger partial charge in [0.2, 0.25) is 0 Å². The quantitative estimate of drug-likeness (QED) is 0.585. The van der Waals surface area contributed by atoms with Crippen molar-refractivity contribution in [3.63, 3.8) is 0 Å². The molecule has 0 aromatic carbocycles. The molecule has 0 fully saturated rings. The van der Waals surface area contributed by atoms with Crippen LogP contribution in [-0.2, 0) is 25.8 Å². The number of hydrogen-bond acceptors (Lipinski definition) is 0. The summed E-state index contributed by atoms with van der Waals surface area (Å²) in [6.45, 7) is 8.89. The maximum Gasteiger partial charge on any atom is 0 e. The largest absolute Gasteiger partial charge is 1.00 e. The van der Waals surface area contributed by atoms with Crippen molar-refractivity contribution in [2.45, 2.75) is 27.7 Å². The molecular weight excluding hydrogens is 172 g/mol. The van der Waals surface area contributed by atoms with Crippen LogP contribution in [0.4, 0.5) is 0 Å². The van der Waals surface area contributed by atoms with Crippen LogP contribution in [-0.4, -0.2) is 0 Å². The van der Waals surface area contributed by atoms with E-state index < -0.39 is 0 Å². The summed E-state index contributed by atoms with van der Waals surface area (Å²) in [5, 5.41) is 3.15. The molecule has 57 valence electrons. The van der Waals surface area contributed by atoms with Gasteiger partial charge in [-0.3, -0.25) is 0 Å². The molecule has 1 radical (unpaired) electrons. The van der Waals surface area contributed by atoms with Gasteiger partial charge < -0.3 is 2.85 Å². The molecule has 0 bridgehead atoms. The van der Waals surface area contributed by atoms with Crippen molar-refractivity contribution in [3.05, 3.63) is 21.7 Å². The minimum atomic E-state index is 0. The van der Waals surface area contributed by atoms with Gasteiger partial charge in [-0.1, -0.05) is 0 Å². The average Bonchev–Trinajstić information content (AvgIpc) is 1.98. The Labute approximate surface area is 86.3 Å². The molecule has 1 rings (SSSR count). The van der Waals surface area contributed by atoms with Gasteiger partial charge in [0.1, 0.15) is 0 Å². The first-order valence-corrected chi connectivity index (χ1v) is 4.25. The standard InChI is InChI=1S/C8H13P.Sc.2H/c1-5-6(2)8(4)9-7(5)3;;;/h9H,1-4H3;;;/q;;2*-1.